The first-order chi connectivity index (χ1) is 12.6. The smallest absolute Gasteiger partial charge is 0.246 e. The van der Waals surface area contributed by atoms with Gasteiger partial charge in [0.25, 0.3) is 0 Å². The van der Waals surface area contributed by atoms with Crippen molar-refractivity contribution < 1.29 is 17.9 Å². The topological polar surface area (TPSA) is 66.9 Å². The van der Waals surface area contributed by atoms with Gasteiger partial charge in [-0.3, -0.25) is 9.10 Å². The van der Waals surface area contributed by atoms with E-state index in [2.05, 4.69) is 0 Å². The number of nitrogens with zero attached hydrogens (tertiary/aromatic N) is 2. The van der Waals surface area contributed by atoms with E-state index in [0.717, 1.165) is 21.7 Å². The van der Waals surface area contributed by atoms with E-state index >= 15 is 0 Å². The van der Waals surface area contributed by atoms with Crippen molar-refractivity contribution in [3.8, 4) is 5.75 Å². The quantitative estimate of drug-likeness (QED) is 0.729. The van der Waals surface area contributed by atoms with Crippen LogP contribution in [0, 0.1) is 6.92 Å². The van der Waals surface area contributed by atoms with Gasteiger partial charge in [-0.2, -0.15) is 0 Å². The highest BCUT2D eigenvalue weighted by atomic mass is 32.2. The third kappa shape index (κ3) is 5.01. The lowest BCUT2D eigenvalue weighted by Gasteiger charge is -2.31. The number of hydrogen-bond acceptors (Lipinski definition) is 4. The first-order valence-electron chi connectivity index (χ1n) is 8.58. The summed E-state index contributed by atoms with van der Waals surface area (Å²) in [4.78, 5) is 14.5. The maximum Gasteiger partial charge on any atom is 0.246 e. The van der Waals surface area contributed by atoms with E-state index in [-0.39, 0.29) is 5.91 Å². The zero-order valence-electron chi connectivity index (χ0n) is 16.3. The summed E-state index contributed by atoms with van der Waals surface area (Å²) in [7, 11) is -0.404. The molecule has 146 valence electrons. The Hall–Kier alpha value is -2.54. The molecule has 0 fully saturated rings. The SMILES string of the molecule is COc1ccccc1CN(C)C(=O)[C@H](C)N(c1ccc(C)cc1)S(C)(=O)=O. The third-order valence-electron chi connectivity index (χ3n) is 4.33. The molecule has 0 radical (unpaired) electrons. The lowest BCUT2D eigenvalue weighted by atomic mass is 10.1. The number of carbonyl (C=O) groups is 1. The van der Waals surface area contributed by atoms with Gasteiger partial charge in [-0.15, -0.1) is 0 Å². The van der Waals surface area contributed by atoms with E-state index in [4.69, 9.17) is 4.74 Å². The molecule has 2 aromatic rings. The number of carbonyl (C=O) groups excluding carboxylic acids is 1. The predicted molar refractivity (Wildman–Crippen MR) is 107 cm³/mol. The standard InChI is InChI=1S/C20H26N2O4S/c1-15-10-12-18(13-11-15)22(27(5,24)25)16(2)20(23)21(3)14-17-8-6-7-9-19(17)26-4/h6-13,16H,14H2,1-5H3/t16-/m0/s1. The zero-order valence-corrected chi connectivity index (χ0v) is 17.2. The van der Waals surface area contributed by atoms with Crippen LogP contribution in [0.3, 0.4) is 0 Å². The van der Waals surface area contributed by atoms with Crippen molar-refractivity contribution in [3.63, 3.8) is 0 Å². The van der Waals surface area contributed by atoms with Crippen LogP contribution in [0.1, 0.15) is 18.1 Å². The van der Waals surface area contributed by atoms with Crippen molar-refractivity contribution in [1.29, 1.82) is 0 Å². The molecule has 0 unspecified atom stereocenters. The molecule has 2 rings (SSSR count). The Kier molecular flexibility index (Phi) is 6.49. The second-order valence-electron chi connectivity index (χ2n) is 6.58. The zero-order chi connectivity index (χ0) is 20.2. The lowest BCUT2D eigenvalue weighted by molar-refractivity contribution is -0.131. The second-order valence-corrected chi connectivity index (χ2v) is 8.44. The molecule has 0 aromatic heterocycles. The van der Waals surface area contributed by atoms with Crippen LogP contribution in [0.2, 0.25) is 0 Å². The fourth-order valence-corrected chi connectivity index (χ4v) is 4.15. The molecule has 0 aliphatic carbocycles. The van der Waals surface area contributed by atoms with Gasteiger partial charge >= 0.3 is 0 Å². The first kappa shape index (κ1) is 20.8. The Morgan fingerprint density at radius 2 is 1.70 bits per heavy atom. The molecule has 0 heterocycles. The molecule has 6 nitrogen and oxygen atoms in total. The number of sulfonamides is 1. The highest BCUT2D eigenvalue weighted by molar-refractivity contribution is 7.92. The Labute approximate surface area is 161 Å². The summed E-state index contributed by atoms with van der Waals surface area (Å²) in [5, 5.41) is 0. The average molecular weight is 391 g/mol. The molecule has 0 aliphatic heterocycles. The van der Waals surface area contributed by atoms with Crippen LogP contribution in [0.4, 0.5) is 5.69 Å². The molecule has 1 atom stereocenters. The summed E-state index contributed by atoms with van der Waals surface area (Å²) in [6.45, 7) is 3.84. The fourth-order valence-electron chi connectivity index (χ4n) is 2.98. The van der Waals surface area contributed by atoms with E-state index in [1.54, 1.807) is 33.2 Å². The van der Waals surface area contributed by atoms with E-state index < -0.39 is 16.1 Å². The molecule has 2 aromatic carbocycles. The number of aryl methyl sites for hydroxylation is 1. The summed E-state index contributed by atoms with van der Waals surface area (Å²) >= 11 is 0. The number of benzene rings is 2. The van der Waals surface area contributed by atoms with Gasteiger partial charge in [-0.05, 0) is 32.0 Å². The molecule has 27 heavy (non-hydrogen) atoms. The van der Waals surface area contributed by atoms with Gasteiger partial charge in [0.15, 0.2) is 0 Å². The normalized spacial score (nSPS) is 12.3. The van der Waals surface area contributed by atoms with Crippen LogP contribution in [0.5, 0.6) is 5.75 Å². The number of hydrogen-bond donors (Lipinski definition) is 0. The van der Waals surface area contributed by atoms with Gasteiger partial charge in [-0.25, -0.2) is 8.42 Å². The maximum atomic E-state index is 13.0. The maximum absolute atomic E-state index is 13.0. The van der Waals surface area contributed by atoms with Gasteiger partial charge in [0.05, 0.1) is 19.1 Å². The van der Waals surface area contributed by atoms with Crippen LogP contribution in [0.25, 0.3) is 0 Å². The number of ether oxygens (including phenoxy) is 1. The molecule has 7 heteroatoms. The summed E-state index contributed by atoms with van der Waals surface area (Å²) in [6, 6.07) is 13.6. The van der Waals surface area contributed by atoms with Crippen molar-refractivity contribution in [2.75, 3.05) is 24.7 Å². The molecule has 0 N–H and O–H groups in total. The van der Waals surface area contributed by atoms with Crippen molar-refractivity contribution in [1.82, 2.24) is 4.90 Å². The van der Waals surface area contributed by atoms with Crippen LogP contribution in [-0.4, -0.2) is 45.7 Å². The Morgan fingerprint density at radius 1 is 1.11 bits per heavy atom. The van der Waals surface area contributed by atoms with E-state index in [1.807, 2.05) is 43.3 Å². The second kappa shape index (κ2) is 8.43. The number of methoxy groups -OCH3 is 1. The van der Waals surface area contributed by atoms with Gasteiger partial charge in [0.2, 0.25) is 15.9 Å². The molecular formula is C20H26N2O4S. The molecule has 0 saturated heterocycles. The van der Waals surface area contributed by atoms with Crippen molar-refractivity contribution >= 4 is 21.6 Å². The number of anilines is 1. The highest BCUT2D eigenvalue weighted by Gasteiger charge is 2.31. The molecule has 0 spiro atoms. The number of amides is 1. The van der Waals surface area contributed by atoms with Gasteiger partial charge < -0.3 is 9.64 Å². The molecule has 0 aliphatic rings. The van der Waals surface area contributed by atoms with Crippen molar-refractivity contribution in [3.05, 3.63) is 59.7 Å². The van der Waals surface area contributed by atoms with Crippen molar-refractivity contribution in [2.24, 2.45) is 0 Å². The highest BCUT2D eigenvalue weighted by Crippen LogP contribution is 2.23. The van der Waals surface area contributed by atoms with E-state index in [9.17, 15) is 13.2 Å². The van der Waals surface area contributed by atoms with Gasteiger partial charge in [0.1, 0.15) is 11.8 Å². The summed E-state index contributed by atoms with van der Waals surface area (Å²) in [5.74, 6) is 0.384. The Morgan fingerprint density at radius 3 is 2.26 bits per heavy atom. The average Bonchev–Trinajstić information content (AvgIpc) is 2.62. The third-order valence-corrected chi connectivity index (χ3v) is 5.57. The number of para-hydroxylation sites is 1. The molecular weight excluding hydrogens is 364 g/mol. The van der Waals surface area contributed by atoms with Crippen LogP contribution < -0.4 is 9.04 Å². The fraction of sp³-hybridized carbons (Fsp3) is 0.350. The largest absolute Gasteiger partial charge is 0.496 e. The predicted octanol–water partition coefficient (Wildman–Crippen LogP) is 2.82. The van der Waals surface area contributed by atoms with Crippen molar-refractivity contribution in [2.45, 2.75) is 26.4 Å². The monoisotopic (exact) mass is 390 g/mol. The number of likely N-dealkylation sites (N-methyl/N-ethyl adjacent to an activating group) is 1. The van der Waals surface area contributed by atoms with E-state index in [1.165, 1.54) is 4.90 Å². The molecule has 0 saturated carbocycles. The Bertz CT molecular complexity index is 894. The summed E-state index contributed by atoms with van der Waals surface area (Å²) in [6.07, 6.45) is 1.11. The van der Waals surface area contributed by atoms with Gasteiger partial charge in [-0.1, -0.05) is 35.9 Å². The lowest BCUT2D eigenvalue weighted by Crippen LogP contribution is -2.48. The minimum absolute atomic E-state index is 0.299. The van der Waals surface area contributed by atoms with Crippen LogP contribution in [-0.2, 0) is 21.4 Å². The van der Waals surface area contributed by atoms with Gasteiger partial charge in [0, 0.05) is 19.2 Å². The summed E-state index contributed by atoms with van der Waals surface area (Å²) in [5.41, 5.74) is 2.33. The molecule has 0 bridgehead atoms. The minimum Gasteiger partial charge on any atom is -0.496 e. The van der Waals surface area contributed by atoms with E-state index in [0.29, 0.717) is 18.0 Å². The molecule has 1 amide bonds. The van der Waals surface area contributed by atoms with Crippen LogP contribution in [0.15, 0.2) is 48.5 Å². The summed E-state index contributed by atoms with van der Waals surface area (Å²) < 4.78 is 31.2. The first-order valence-corrected chi connectivity index (χ1v) is 10.4. The Balaban J connectivity index is 2.27. The minimum atomic E-state index is -3.63. The van der Waals surface area contributed by atoms with Crippen LogP contribution >= 0.6 is 0 Å². The number of rotatable bonds is 7.